The molecule has 0 saturated heterocycles. The molecular weight excluding hydrogens is 721 g/mol. The van der Waals surface area contributed by atoms with Crippen LogP contribution in [-0.2, 0) is 19.3 Å². The van der Waals surface area contributed by atoms with Crippen molar-refractivity contribution in [2.75, 3.05) is 0 Å². The van der Waals surface area contributed by atoms with Crippen LogP contribution in [0.4, 0.5) is 0 Å². The molecule has 0 aromatic heterocycles. The van der Waals surface area contributed by atoms with Gasteiger partial charge >= 0.3 is 0 Å². The molecule has 0 nitrogen and oxygen atoms in total. The Morgan fingerprint density at radius 1 is 0.283 bits per heavy atom. The summed E-state index contributed by atoms with van der Waals surface area (Å²) in [5.74, 6) is 0.493. The van der Waals surface area contributed by atoms with Crippen molar-refractivity contribution >= 4 is 108 Å². The summed E-state index contributed by atoms with van der Waals surface area (Å²) in [7, 11) is 0. The quantitative estimate of drug-likeness (QED) is 0.116. The number of fused-ring (bicyclic) bond motifs is 9. The predicted molar refractivity (Wildman–Crippen MR) is 257 cm³/mol. The van der Waals surface area contributed by atoms with E-state index >= 15 is 0 Å². The summed E-state index contributed by atoms with van der Waals surface area (Å²) in [6.07, 6.45) is 8.68. The van der Waals surface area contributed by atoms with Crippen molar-refractivity contribution in [3.63, 3.8) is 0 Å². The van der Waals surface area contributed by atoms with E-state index in [9.17, 15) is 0 Å². The maximum absolute atomic E-state index is 2.51. The molecule has 0 spiro atoms. The fourth-order valence-electron chi connectivity index (χ4n) is 13.8. The normalized spacial score (nSPS) is 16.4. The van der Waals surface area contributed by atoms with Crippen LogP contribution in [0.5, 0.6) is 0 Å². The Labute approximate surface area is 346 Å². The molecule has 16 rings (SSSR count). The van der Waals surface area contributed by atoms with Gasteiger partial charge in [-0.2, -0.15) is 0 Å². The number of rotatable bonds is 1. The van der Waals surface area contributed by atoms with Crippen molar-refractivity contribution in [2.45, 2.75) is 50.9 Å². The van der Waals surface area contributed by atoms with Crippen molar-refractivity contribution in [1.82, 2.24) is 0 Å². The van der Waals surface area contributed by atoms with E-state index in [1.165, 1.54) is 175 Å². The minimum Gasteiger partial charge on any atom is -0.0614 e. The van der Waals surface area contributed by atoms with Crippen molar-refractivity contribution in [3.8, 4) is 22.3 Å². The van der Waals surface area contributed by atoms with E-state index < -0.39 is 0 Å². The van der Waals surface area contributed by atoms with E-state index in [4.69, 9.17) is 0 Å². The molecule has 13 aromatic rings. The van der Waals surface area contributed by atoms with Crippen molar-refractivity contribution in [3.05, 3.63) is 167 Å². The van der Waals surface area contributed by atoms with E-state index in [0.29, 0.717) is 5.92 Å². The first-order chi connectivity index (χ1) is 29.8. The predicted octanol–water partition coefficient (Wildman–Crippen LogP) is 16.5. The molecule has 60 heavy (non-hydrogen) atoms. The van der Waals surface area contributed by atoms with Gasteiger partial charge in [0.05, 0.1) is 0 Å². The number of benzene rings is 13. The van der Waals surface area contributed by atoms with E-state index in [1.54, 1.807) is 27.8 Å². The first kappa shape index (κ1) is 31.2. The zero-order chi connectivity index (χ0) is 38.5. The summed E-state index contributed by atoms with van der Waals surface area (Å²) in [4.78, 5) is 0. The van der Waals surface area contributed by atoms with Crippen LogP contribution in [0, 0.1) is 0 Å². The molecule has 0 fully saturated rings. The summed E-state index contributed by atoms with van der Waals surface area (Å²) in [5, 5.41) is 27.9. The molecule has 1 atom stereocenters. The Morgan fingerprint density at radius 2 is 0.733 bits per heavy atom. The third-order valence-electron chi connectivity index (χ3n) is 16.1. The fraction of sp³-hybridized carbons (Fsp3) is 0.133. The third kappa shape index (κ3) is 3.54. The average molecular weight is 759 g/mol. The molecule has 0 saturated carbocycles. The second-order valence-electron chi connectivity index (χ2n) is 18.6. The lowest BCUT2D eigenvalue weighted by atomic mass is 9.69. The largest absolute Gasteiger partial charge is 0.0614 e. The molecule has 0 heteroatoms. The third-order valence-corrected chi connectivity index (χ3v) is 16.1. The molecule has 13 aromatic carbocycles. The molecule has 0 radical (unpaired) electrons. The maximum atomic E-state index is 2.51. The monoisotopic (exact) mass is 758 g/mol. The molecule has 3 aliphatic carbocycles. The summed E-state index contributed by atoms with van der Waals surface area (Å²) in [5.41, 5.74) is 13.5. The molecular formula is C60H38. The molecule has 0 bridgehead atoms. The molecule has 0 heterocycles. The highest BCUT2D eigenvalue weighted by Gasteiger charge is 2.33. The zero-order valence-corrected chi connectivity index (χ0v) is 33.3. The number of aryl methyl sites for hydroxylation is 2. The van der Waals surface area contributed by atoms with Gasteiger partial charge in [0.2, 0.25) is 0 Å². The van der Waals surface area contributed by atoms with Gasteiger partial charge in [0.25, 0.3) is 0 Å². The van der Waals surface area contributed by atoms with Crippen LogP contribution < -0.4 is 0 Å². The van der Waals surface area contributed by atoms with Crippen molar-refractivity contribution in [1.29, 1.82) is 0 Å². The van der Waals surface area contributed by atoms with E-state index in [2.05, 4.69) is 140 Å². The second kappa shape index (κ2) is 10.7. The summed E-state index contributed by atoms with van der Waals surface area (Å²) in [6, 6.07) is 55.6. The highest BCUT2D eigenvalue weighted by Crippen LogP contribution is 2.56. The Bertz CT molecular complexity index is 3960. The van der Waals surface area contributed by atoms with Gasteiger partial charge in [-0.05, 0) is 203 Å². The van der Waals surface area contributed by atoms with Gasteiger partial charge in [-0.1, -0.05) is 140 Å². The van der Waals surface area contributed by atoms with Crippen LogP contribution in [0.25, 0.3) is 130 Å². The number of hydrogen-bond donors (Lipinski definition) is 0. The van der Waals surface area contributed by atoms with E-state index in [1.807, 2.05) is 0 Å². The van der Waals surface area contributed by atoms with Gasteiger partial charge in [-0.15, -0.1) is 0 Å². The topological polar surface area (TPSA) is 0 Å². The summed E-state index contributed by atoms with van der Waals surface area (Å²) >= 11 is 0. The van der Waals surface area contributed by atoms with Crippen molar-refractivity contribution in [2.24, 2.45) is 0 Å². The summed E-state index contributed by atoms with van der Waals surface area (Å²) in [6.45, 7) is 0. The molecule has 3 aliphatic rings. The van der Waals surface area contributed by atoms with Crippen LogP contribution in [0.15, 0.2) is 140 Å². The highest BCUT2D eigenvalue weighted by atomic mass is 14.4. The van der Waals surface area contributed by atoms with Crippen LogP contribution in [0.2, 0.25) is 0 Å². The second-order valence-corrected chi connectivity index (χ2v) is 18.6. The molecule has 0 N–H and O–H groups in total. The fourth-order valence-corrected chi connectivity index (χ4v) is 13.8. The lowest BCUT2D eigenvalue weighted by Crippen LogP contribution is -2.16. The van der Waals surface area contributed by atoms with E-state index in [-0.39, 0.29) is 0 Å². The van der Waals surface area contributed by atoms with Gasteiger partial charge in [-0.3, -0.25) is 0 Å². The Kier molecular flexibility index (Phi) is 5.56. The Balaban J connectivity index is 0.997. The van der Waals surface area contributed by atoms with Gasteiger partial charge < -0.3 is 0 Å². The van der Waals surface area contributed by atoms with Gasteiger partial charge in [-0.25, -0.2) is 0 Å². The average Bonchev–Trinajstić information content (AvgIpc) is 3.31. The Morgan fingerprint density at radius 3 is 1.38 bits per heavy atom. The van der Waals surface area contributed by atoms with E-state index in [0.717, 1.165) is 0 Å². The highest BCUT2D eigenvalue weighted by molar-refractivity contribution is 6.46. The first-order valence-corrected chi connectivity index (χ1v) is 22.4. The lowest BCUT2D eigenvalue weighted by Gasteiger charge is -2.34. The molecule has 0 amide bonds. The minimum absolute atomic E-state index is 0.493. The number of hydrogen-bond acceptors (Lipinski definition) is 0. The molecule has 0 aliphatic heterocycles. The van der Waals surface area contributed by atoms with Gasteiger partial charge in [0.1, 0.15) is 0 Å². The van der Waals surface area contributed by atoms with Crippen LogP contribution in [-0.4, -0.2) is 0 Å². The smallest absolute Gasteiger partial charge is 0.0105 e. The SMILES string of the molecule is c1cc2c(c(-c3ccc4c5ccc6c7ccc8c9ccc%10c%11c(ccc(c%12ccc(c%13ccc(c%14cccc3c%144)c5c%136)c7c%128)c%119)-c3cccc4c3C%10CCC4)c1)CCCC2. The van der Waals surface area contributed by atoms with Crippen molar-refractivity contribution < 1.29 is 0 Å². The lowest BCUT2D eigenvalue weighted by molar-refractivity contribution is 0.618. The summed E-state index contributed by atoms with van der Waals surface area (Å²) < 4.78 is 0. The molecule has 1 unspecified atom stereocenters. The van der Waals surface area contributed by atoms with Gasteiger partial charge in [0, 0.05) is 5.92 Å². The standard InChI is InChI=1S/C60H38/c1-2-11-33-31(7-1)8-3-12-34(33)35-17-18-40-44-22-26-48-52-30-28-50-46-24-20-42-38-14-5-10-32-9-4-13-37(53(32)38)41-19-23-45(57(46)55(41)42)49-27-29-51(60(52)59(49)50)47-25-21-43(56(44)58(47)48)39-16-6-15-36(35)54(39)40/h3-4,6,8-9,12-13,15-30,38H,1-2,5,7,10-11,14H2. The van der Waals surface area contributed by atoms with Gasteiger partial charge in [0.15, 0.2) is 0 Å². The Hall–Kier alpha value is -6.76. The van der Waals surface area contributed by atoms with Crippen LogP contribution >= 0.6 is 0 Å². The first-order valence-electron chi connectivity index (χ1n) is 22.4. The van der Waals surface area contributed by atoms with Crippen LogP contribution in [0.3, 0.4) is 0 Å². The zero-order valence-electron chi connectivity index (χ0n) is 33.3. The molecule has 278 valence electrons. The minimum atomic E-state index is 0.493. The maximum Gasteiger partial charge on any atom is 0.0105 e. The van der Waals surface area contributed by atoms with Crippen LogP contribution in [0.1, 0.15) is 59.4 Å².